The first kappa shape index (κ1) is 22.3. The second kappa shape index (κ2) is 8.38. The summed E-state index contributed by atoms with van der Waals surface area (Å²) in [6.07, 6.45) is 0.888. The Morgan fingerprint density at radius 2 is 1.68 bits per heavy atom. The number of carbonyl (C=O) groups is 1. The Morgan fingerprint density at radius 1 is 1.10 bits per heavy atom. The molecule has 0 saturated heterocycles. The fourth-order valence-electron chi connectivity index (χ4n) is 3.35. The average molecular weight is 447 g/mol. The number of halogens is 1. The lowest BCUT2D eigenvalue weighted by molar-refractivity contribution is -0.116. The third-order valence-electron chi connectivity index (χ3n) is 4.98. The fraction of sp³-hybridized carbons (Fsp3) is 0.238. The first-order chi connectivity index (χ1) is 14.5. The van der Waals surface area contributed by atoms with E-state index in [2.05, 4.69) is 5.32 Å². The van der Waals surface area contributed by atoms with Crippen LogP contribution in [0.3, 0.4) is 0 Å². The molecule has 1 heterocycles. The van der Waals surface area contributed by atoms with Gasteiger partial charge in [-0.05, 0) is 38.1 Å². The molecule has 0 spiro atoms. The molecule has 1 N–H and O–H groups in total. The van der Waals surface area contributed by atoms with Gasteiger partial charge in [0.1, 0.15) is 17.5 Å². The van der Waals surface area contributed by atoms with Crippen molar-refractivity contribution in [3.05, 3.63) is 76.5 Å². The number of hydrogen-bond donors (Lipinski definition) is 1. The van der Waals surface area contributed by atoms with Crippen LogP contribution in [0.1, 0.15) is 12.6 Å². The van der Waals surface area contributed by atoms with Crippen LogP contribution in [-0.2, 0) is 21.9 Å². The van der Waals surface area contributed by atoms with Gasteiger partial charge in [0.15, 0.2) is 0 Å². The van der Waals surface area contributed by atoms with E-state index in [1.807, 2.05) is 6.07 Å². The number of nitrogens with one attached hydrogen (secondary N) is 1. The Balaban J connectivity index is 1.99. The van der Waals surface area contributed by atoms with Crippen LogP contribution in [0.4, 0.5) is 15.8 Å². The Bertz CT molecular complexity index is 1280. The fourth-order valence-corrected chi connectivity index (χ4v) is 4.53. The molecular weight excluding hydrogens is 423 g/mol. The van der Waals surface area contributed by atoms with E-state index in [0.717, 1.165) is 12.3 Å². The molecular formula is C21H23FN4O4S. The van der Waals surface area contributed by atoms with Crippen molar-refractivity contribution in [2.45, 2.75) is 19.9 Å². The van der Waals surface area contributed by atoms with E-state index in [-0.39, 0.29) is 11.4 Å². The van der Waals surface area contributed by atoms with Gasteiger partial charge < -0.3 is 5.32 Å². The molecule has 8 nitrogen and oxygen atoms in total. The van der Waals surface area contributed by atoms with Crippen molar-refractivity contribution in [1.29, 1.82) is 0 Å². The zero-order valence-corrected chi connectivity index (χ0v) is 18.4. The summed E-state index contributed by atoms with van der Waals surface area (Å²) in [5.41, 5.74) is 0.384. The van der Waals surface area contributed by atoms with Gasteiger partial charge in [-0.3, -0.25) is 18.6 Å². The van der Waals surface area contributed by atoms with Crippen LogP contribution < -0.4 is 15.2 Å². The van der Waals surface area contributed by atoms with Gasteiger partial charge in [-0.15, -0.1) is 0 Å². The molecule has 0 aliphatic heterocycles. The Labute approximate surface area is 179 Å². The standard InChI is InChI=1S/C21H23FN4O4S/c1-14-19(21(28)25(24(14)3)16-10-6-5-7-11-16)23-20(27)15(2)26(31(4,29)30)18-13-9-8-12-17(18)22/h5-13,15H,1-4H3,(H,23,27). The van der Waals surface area contributed by atoms with Crippen molar-refractivity contribution in [3.63, 3.8) is 0 Å². The van der Waals surface area contributed by atoms with E-state index in [0.29, 0.717) is 15.7 Å². The molecule has 1 aromatic heterocycles. The predicted molar refractivity (Wildman–Crippen MR) is 118 cm³/mol. The lowest BCUT2D eigenvalue weighted by Gasteiger charge is -2.28. The normalized spacial score (nSPS) is 12.4. The molecule has 10 heteroatoms. The van der Waals surface area contributed by atoms with Crippen LogP contribution in [0.15, 0.2) is 59.4 Å². The molecule has 1 atom stereocenters. The van der Waals surface area contributed by atoms with E-state index in [1.54, 1.807) is 42.9 Å². The molecule has 0 bridgehead atoms. The number of nitrogens with zero attached hydrogens (tertiary/aromatic N) is 3. The van der Waals surface area contributed by atoms with Gasteiger partial charge in [0, 0.05) is 7.05 Å². The monoisotopic (exact) mass is 446 g/mol. The van der Waals surface area contributed by atoms with Crippen LogP contribution in [0, 0.1) is 12.7 Å². The SMILES string of the molecule is Cc1c(NC(=O)C(C)N(c2ccccc2F)S(C)(=O)=O)c(=O)n(-c2ccccc2)n1C. The molecule has 0 fully saturated rings. The minimum atomic E-state index is -4.00. The summed E-state index contributed by atoms with van der Waals surface area (Å²) in [6, 6.07) is 12.8. The van der Waals surface area contributed by atoms with E-state index >= 15 is 0 Å². The minimum absolute atomic E-state index is 0.0187. The average Bonchev–Trinajstić information content (AvgIpc) is 2.92. The molecule has 3 aromatic rings. The smallest absolute Gasteiger partial charge is 0.295 e. The predicted octanol–water partition coefficient (Wildman–Crippen LogP) is 2.42. The third-order valence-corrected chi connectivity index (χ3v) is 6.21. The zero-order chi connectivity index (χ0) is 22.9. The molecule has 1 amide bonds. The van der Waals surface area contributed by atoms with Gasteiger partial charge in [-0.25, -0.2) is 17.5 Å². The van der Waals surface area contributed by atoms with Gasteiger partial charge in [0.2, 0.25) is 15.9 Å². The maximum absolute atomic E-state index is 14.3. The first-order valence-corrected chi connectivity index (χ1v) is 11.3. The van der Waals surface area contributed by atoms with Crippen LogP contribution in [0.2, 0.25) is 0 Å². The number of carbonyl (C=O) groups excluding carboxylic acids is 1. The summed E-state index contributed by atoms with van der Waals surface area (Å²) < 4.78 is 42.7. The second-order valence-corrected chi connectivity index (χ2v) is 8.97. The molecule has 0 aliphatic rings. The van der Waals surface area contributed by atoms with E-state index in [1.165, 1.54) is 29.8 Å². The van der Waals surface area contributed by atoms with Crippen molar-refractivity contribution < 1.29 is 17.6 Å². The number of aromatic nitrogens is 2. The number of para-hydroxylation sites is 2. The van der Waals surface area contributed by atoms with E-state index in [9.17, 15) is 22.4 Å². The van der Waals surface area contributed by atoms with Crippen molar-refractivity contribution >= 4 is 27.3 Å². The van der Waals surface area contributed by atoms with E-state index in [4.69, 9.17) is 0 Å². The van der Waals surface area contributed by atoms with Crippen molar-refractivity contribution in [1.82, 2.24) is 9.36 Å². The molecule has 0 saturated carbocycles. The maximum Gasteiger partial charge on any atom is 0.295 e. The minimum Gasteiger partial charge on any atom is -0.318 e. The van der Waals surface area contributed by atoms with Crippen LogP contribution in [-0.4, -0.2) is 36.0 Å². The molecule has 0 radical (unpaired) electrons. The van der Waals surface area contributed by atoms with Crippen molar-refractivity contribution in [2.75, 3.05) is 15.9 Å². The summed E-state index contributed by atoms with van der Waals surface area (Å²) in [7, 11) is -2.33. The first-order valence-electron chi connectivity index (χ1n) is 9.43. The van der Waals surface area contributed by atoms with Gasteiger partial charge in [0.25, 0.3) is 5.56 Å². The van der Waals surface area contributed by atoms with E-state index < -0.39 is 33.3 Å². The van der Waals surface area contributed by atoms with Crippen molar-refractivity contribution in [2.24, 2.45) is 7.05 Å². The highest BCUT2D eigenvalue weighted by Crippen LogP contribution is 2.25. The second-order valence-electron chi connectivity index (χ2n) is 7.11. The quantitative estimate of drug-likeness (QED) is 0.629. The molecule has 2 aromatic carbocycles. The molecule has 1 unspecified atom stereocenters. The number of benzene rings is 2. The van der Waals surface area contributed by atoms with Gasteiger partial charge in [-0.2, -0.15) is 0 Å². The Morgan fingerprint density at radius 3 is 2.26 bits per heavy atom. The summed E-state index contributed by atoms with van der Waals surface area (Å²) >= 11 is 0. The van der Waals surface area contributed by atoms with Gasteiger partial charge in [0.05, 0.1) is 23.3 Å². The number of hydrogen-bond acceptors (Lipinski definition) is 4. The van der Waals surface area contributed by atoms with Crippen LogP contribution in [0.5, 0.6) is 0 Å². The Kier molecular flexibility index (Phi) is 6.03. The number of sulfonamides is 1. The zero-order valence-electron chi connectivity index (χ0n) is 17.5. The highest BCUT2D eigenvalue weighted by atomic mass is 32.2. The molecule has 164 valence electrons. The van der Waals surface area contributed by atoms with Crippen LogP contribution >= 0.6 is 0 Å². The lowest BCUT2D eigenvalue weighted by Crippen LogP contribution is -2.46. The summed E-state index contributed by atoms with van der Waals surface area (Å²) in [5.74, 6) is -1.55. The summed E-state index contributed by atoms with van der Waals surface area (Å²) in [5, 5.41) is 2.53. The van der Waals surface area contributed by atoms with Crippen LogP contribution in [0.25, 0.3) is 5.69 Å². The third kappa shape index (κ3) is 4.24. The Hall–Kier alpha value is -3.40. The summed E-state index contributed by atoms with van der Waals surface area (Å²) in [4.78, 5) is 25.9. The number of rotatable bonds is 6. The summed E-state index contributed by atoms with van der Waals surface area (Å²) in [6.45, 7) is 2.99. The number of amides is 1. The maximum atomic E-state index is 14.3. The topological polar surface area (TPSA) is 93.4 Å². The number of anilines is 2. The highest BCUT2D eigenvalue weighted by molar-refractivity contribution is 7.92. The molecule has 3 rings (SSSR count). The van der Waals surface area contributed by atoms with Gasteiger partial charge >= 0.3 is 0 Å². The highest BCUT2D eigenvalue weighted by Gasteiger charge is 2.32. The van der Waals surface area contributed by atoms with Crippen molar-refractivity contribution in [3.8, 4) is 5.69 Å². The lowest BCUT2D eigenvalue weighted by atomic mass is 10.2. The van der Waals surface area contributed by atoms with Gasteiger partial charge in [-0.1, -0.05) is 30.3 Å². The largest absolute Gasteiger partial charge is 0.318 e. The molecule has 0 aliphatic carbocycles. The molecule has 31 heavy (non-hydrogen) atoms.